The van der Waals surface area contributed by atoms with E-state index in [2.05, 4.69) is 23.7 Å². The lowest BCUT2D eigenvalue weighted by Gasteiger charge is -2.09. The average molecular weight is 368 g/mol. The number of hydrogen-bond donors (Lipinski definition) is 2. The summed E-state index contributed by atoms with van der Waals surface area (Å²) in [6, 6.07) is 18.4. The van der Waals surface area contributed by atoms with Gasteiger partial charge in [-0.15, -0.1) is 0 Å². The van der Waals surface area contributed by atoms with Gasteiger partial charge in [0.05, 0.1) is 25.3 Å². The van der Waals surface area contributed by atoms with Gasteiger partial charge in [-0.1, -0.05) is 23.7 Å². The molecular formula is C24H20N2O2. The molecule has 0 atom stereocenters. The molecule has 0 bridgehead atoms. The summed E-state index contributed by atoms with van der Waals surface area (Å²) >= 11 is 0. The summed E-state index contributed by atoms with van der Waals surface area (Å²) in [7, 11) is 3.21. The van der Waals surface area contributed by atoms with E-state index in [0.717, 1.165) is 11.1 Å². The molecule has 4 N–H and O–H groups in total. The first-order chi connectivity index (χ1) is 13.6. The Morgan fingerprint density at radius 1 is 0.571 bits per heavy atom. The highest BCUT2D eigenvalue weighted by Crippen LogP contribution is 2.28. The Hall–Kier alpha value is -4.02. The number of rotatable bonds is 2. The Kier molecular flexibility index (Phi) is 5.75. The minimum atomic E-state index is 0.630. The number of ether oxygens (including phenoxy) is 2. The van der Waals surface area contributed by atoms with Gasteiger partial charge in [-0.3, -0.25) is 0 Å². The van der Waals surface area contributed by atoms with Gasteiger partial charge in [-0.05, 0) is 48.5 Å². The first-order valence-electron chi connectivity index (χ1n) is 8.60. The van der Waals surface area contributed by atoms with Crippen LogP contribution >= 0.6 is 0 Å². The fourth-order valence-electron chi connectivity index (χ4n) is 2.50. The van der Waals surface area contributed by atoms with Crippen molar-refractivity contribution in [2.45, 2.75) is 0 Å². The third-order valence-corrected chi connectivity index (χ3v) is 4.03. The smallest absolute Gasteiger partial charge is 0.136 e. The van der Waals surface area contributed by atoms with Crippen LogP contribution in [-0.4, -0.2) is 14.2 Å². The van der Waals surface area contributed by atoms with Crippen molar-refractivity contribution in [2.75, 3.05) is 25.7 Å². The molecule has 0 unspecified atom stereocenters. The average Bonchev–Trinajstić information content (AvgIpc) is 2.72. The molecule has 28 heavy (non-hydrogen) atoms. The van der Waals surface area contributed by atoms with E-state index in [-0.39, 0.29) is 0 Å². The van der Waals surface area contributed by atoms with Gasteiger partial charge in [0.25, 0.3) is 0 Å². The topological polar surface area (TPSA) is 70.5 Å². The van der Waals surface area contributed by atoms with Crippen molar-refractivity contribution in [1.82, 2.24) is 0 Å². The van der Waals surface area contributed by atoms with Crippen molar-refractivity contribution in [3.63, 3.8) is 0 Å². The SMILES string of the molecule is COc1cc(C#Cc2ccc(N)cc2)c(OC)cc1C#Cc1ccc(N)cc1. The van der Waals surface area contributed by atoms with Crippen molar-refractivity contribution >= 4 is 11.4 Å². The third-order valence-electron chi connectivity index (χ3n) is 4.03. The van der Waals surface area contributed by atoms with Gasteiger partial charge >= 0.3 is 0 Å². The Morgan fingerprint density at radius 2 is 0.929 bits per heavy atom. The number of anilines is 2. The fraction of sp³-hybridized carbons (Fsp3) is 0.0833. The van der Waals surface area contributed by atoms with Crippen LogP contribution in [0, 0.1) is 23.7 Å². The van der Waals surface area contributed by atoms with Crippen molar-refractivity contribution in [3.05, 3.63) is 82.9 Å². The largest absolute Gasteiger partial charge is 0.495 e. The van der Waals surface area contributed by atoms with E-state index in [4.69, 9.17) is 20.9 Å². The van der Waals surface area contributed by atoms with Crippen LogP contribution in [-0.2, 0) is 0 Å². The highest BCUT2D eigenvalue weighted by molar-refractivity contribution is 5.61. The van der Waals surface area contributed by atoms with Gasteiger partial charge in [0, 0.05) is 34.6 Å². The predicted molar refractivity (Wildman–Crippen MR) is 113 cm³/mol. The molecule has 0 aliphatic heterocycles. The van der Waals surface area contributed by atoms with Gasteiger partial charge in [0.1, 0.15) is 11.5 Å². The van der Waals surface area contributed by atoms with Crippen LogP contribution in [0.3, 0.4) is 0 Å². The number of methoxy groups -OCH3 is 2. The molecule has 3 aromatic rings. The normalized spacial score (nSPS) is 9.50. The molecule has 4 nitrogen and oxygen atoms in total. The Bertz CT molecular complexity index is 1000. The van der Waals surface area contributed by atoms with Gasteiger partial charge in [-0.25, -0.2) is 0 Å². The highest BCUT2D eigenvalue weighted by atomic mass is 16.5. The zero-order valence-electron chi connectivity index (χ0n) is 15.7. The van der Waals surface area contributed by atoms with Gasteiger partial charge in [0.2, 0.25) is 0 Å². The first-order valence-corrected chi connectivity index (χ1v) is 8.60. The summed E-state index contributed by atoms with van der Waals surface area (Å²) < 4.78 is 11.0. The van der Waals surface area contributed by atoms with E-state index in [0.29, 0.717) is 34.0 Å². The lowest BCUT2D eigenvalue weighted by molar-refractivity contribution is 0.401. The molecule has 3 aromatic carbocycles. The summed E-state index contributed by atoms with van der Waals surface area (Å²) in [5, 5.41) is 0. The van der Waals surface area contributed by atoms with Crippen molar-refractivity contribution in [1.29, 1.82) is 0 Å². The van der Waals surface area contributed by atoms with Gasteiger partial charge in [-0.2, -0.15) is 0 Å². The summed E-state index contributed by atoms with van der Waals surface area (Å²) in [6.45, 7) is 0. The summed E-state index contributed by atoms with van der Waals surface area (Å²) in [4.78, 5) is 0. The molecule has 0 spiro atoms. The zero-order chi connectivity index (χ0) is 19.9. The van der Waals surface area contributed by atoms with E-state index >= 15 is 0 Å². The maximum atomic E-state index is 5.71. The lowest BCUT2D eigenvalue weighted by Crippen LogP contribution is -1.94. The molecule has 0 saturated heterocycles. The van der Waals surface area contributed by atoms with E-state index in [1.54, 1.807) is 14.2 Å². The summed E-state index contributed by atoms with van der Waals surface area (Å²) in [6.07, 6.45) is 0. The minimum Gasteiger partial charge on any atom is -0.495 e. The standard InChI is InChI=1S/C24H20N2O2/c1-27-23-15-20(10-4-18-7-13-22(26)14-8-18)24(28-2)16-19(23)9-3-17-5-11-21(25)12-6-17/h5-8,11-16H,25-26H2,1-2H3. The molecule has 4 heteroatoms. The second kappa shape index (κ2) is 8.58. The molecule has 138 valence electrons. The molecule has 0 fully saturated rings. The van der Waals surface area contributed by atoms with Crippen molar-refractivity contribution in [3.8, 4) is 35.2 Å². The second-order valence-corrected chi connectivity index (χ2v) is 6.00. The first kappa shape index (κ1) is 18.8. The van der Waals surface area contributed by atoms with E-state index in [1.165, 1.54) is 0 Å². The molecule has 0 heterocycles. The molecule has 3 rings (SSSR count). The van der Waals surface area contributed by atoms with Crippen LogP contribution in [0.15, 0.2) is 60.7 Å². The van der Waals surface area contributed by atoms with Crippen molar-refractivity contribution in [2.24, 2.45) is 0 Å². The zero-order valence-corrected chi connectivity index (χ0v) is 15.7. The summed E-state index contributed by atoms with van der Waals surface area (Å²) in [5.41, 5.74) is 16.0. The fourth-order valence-corrected chi connectivity index (χ4v) is 2.50. The van der Waals surface area contributed by atoms with Crippen LogP contribution < -0.4 is 20.9 Å². The van der Waals surface area contributed by atoms with E-state index < -0.39 is 0 Å². The number of benzene rings is 3. The van der Waals surface area contributed by atoms with Crippen LogP contribution in [0.25, 0.3) is 0 Å². The number of hydrogen-bond acceptors (Lipinski definition) is 4. The van der Waals surface area contributed by atoms with Gasteiger partial charge in [0.15, 0.2) is 0 Å². The molecule has 0 aliphatic rings. The Morgan fingerprint density at radius 3 is 1.25 bits per heavy atom. The van der Waals surface area contributed by atoms with Crippen molar-refractivity contribution < 1.29 is 9.47 Å². The van der Waals surface area contributed by atoms with Crippen LogP contribution in [0.2, 0.25) is 0 Å². The van der Waals surface area contributed by atoms with Crippen LogP contribution in [0.1, 0.15) is 22.3 Å². The van der Waals surface area contributed by atoms with E-state index in [9.17, 15) is 0 Å². The Balaban J connectivity index is 1.96. The van der Waals surface area contributed by atoms with Crippen LogP contribution in [0.5, 0.6) is 11.5 Å². The monoisotopic (exact) mass is 368 g/mol. The number of nitrogen functional groups attached to an aromatic ring is 2. The van der Waals surface area contributed by atoms with E-state index in [1.807, 2.05) is 60.7 Å². The summed E-state index contributed by atoms with van der Waals surface area (Å²) in [5.74, 6) is 13.7. The maximum absolute atomic E-state index is 5.71. The molecular weight excluding hydrogens is 348 g/mol. The molecule has 0 aliphatic carbocycles. The van der Waals surface area contributed by atoms with Crippen LogP contribution in [0.4, 0.5) is 11.4 Å². The second-order valence-electron chi connectivity index (χ2n) is 6.00. The minimum absolute atomic E-state index is 0.630. The quantitative estimate of drug-likeness (QED) is 0.535. The highest BCUT2D eigenvalue weighted by Gasteiger charge is 2.08. The molecule has 0 radical (unpaired) electrons. The molecule has 0 aromatic heterocycles. The molecule has 0 amide bonds. The predicted octanol–water partition coefficient (Wildman–Crippen LogP) is 3.67. The lowest BCUT2D eigenvalue weighted by atomic mass is 10.1. The Labute approximate surface area is 165 Å². The molecule has 0 saturated carbocycles. The number of nitrogens with two attached hydrogens (primary N) is 2. The van der Waals surface area contributed by atoms with Gasteiger partial charge < -0.3 is 20.9 Å². The maximum Gasteiger partial charge on any atom is 0.136 e. The third kappa shape index (κ3) is 4.58.